The first-order valence-electron chi connectivity index (χ1n) is 7.99. The van der Waals surface area contributed by atoms with Crippen molar-refractivity contribution in [1.29, 1.82) is 0 Å². The van der Waals surface area contributed by atoms with Crippen molar-refractivity contribution in [2.75, 3.05) is 12.3 Å². The molecule has 0 heterocycles. The molecule has 2 atom stereocenters. The van der Waals surface area contributed by atoms with Gasteiger partial charge in [0.2, 0.25) is 0 Å². The molecular weight excluding hydrogens is 264 g/mol. The van der Waals surface area contributed by atoms with Crippen molar-refractivity contribution in [1.82, 2.24) is 5.32 Å². The Morgan fingerprint density at radius 1 is 1.33 bits per heavy atom. The van der Waals surface area contributed by atoms with E-state index in [9.17, 15) is 4.79 Å². The van der Waals surface area contributed by atoms with E-state index in [2.05, 4.69) is 12.2 Å². The molecule has 4 nitrogen and oxygen atoms in total. The number of hydrogen-bond donors (Lipinski definition) is 2. The van der Waals surface area contributed by atoms with E-state index in [1.54, 1.807) is 18.2 Å². The van der Waals surface area contributed by atoms with Gasteiger partial charge in [-0.1, -0.05) is 32.3 Å². The number of nitrogens with two attached hydrogens (primary N) is 1. The molecule has 1 fully saturated rings. The van der Waals surface area contributed by atoms with Gasteiger partial charge in [0.05, 0.1) is 17.9 Å². The minimum absolute atomic E-state index is 0.0731. The van der Waals surface area contributed by atoms with E-state index < -0.39 is 0 Å². The molecule has 1 amide bonds. The number of para-hydroxylation sites is 1. The predicted molar refractivity (Wildman–Crippen MR) is 85.5 cm³/mol. The number of ether oxygens (including phenoxy) is 1. The van der Waals surface area contributed by atoms with Crippen molar-refractivity contribution < 1.29 is 9.53 Å². The van der Waals surface area contributed by atoms with Gasteiger partial charge in [-0.3, -0.25) is 4.79 Å². The first kappa shape index (κ1) is 15.7. The largest absolute Gasteiger partial charge is 0.491 e. The van der Waals surface area contributed by atoms with Gasteiger partial charge in [-0.05, 0) is 37.8 Å². The van der Waals surface area contributed by atoms with Gasteiger partial charge in [0.25, 0.3) is 5.91 Å². The molecule has 1 aromatic carbocycles. The van der Waals surface area contributed by atoms with Crippen LogP contribution >= 0.6 is 0 Å². The zero-order chi connectivity index (χ0) is 15.2. The molecule has 0 spiro atoms. The van der Waals surface area contributed by atoms with Crippen LogP contribution in [0.4, 0.5) is 5.69 Å². The average Bonchev–Trinajstić information content (AvgIpc) is 2.50. The molecule has 1 saturated carbocycles. The quantitative estimate of drug-likeness (QED) is 0.817. The highest BCUT2D eigenvalue weighted by atomic mass is 16.5. The third-order valence-electron chi connectivity index (χ3n) is 4.33. The fourth-order valence-electron chi connectivity index (χ4n) is 3.17. The minimum atomic E-state index is -0.0731. The molecule has 0 saturated heterocycles. The highest BCUT2D eigenvalue weighted by Gasteiger charge is 2.26. The van der Waals surface area contributed by atoms with E-state index in [0.29, 0.717) is 29.5 Å². The van der Waals surface area contributed by atoms with Gasteiger partial charge in [-0.25, -0.2) is 0 Å². The van der Waals surface area contributed by atoms with E-state index in [-0.39, 0.29) is 11.9 Å². The van der Waals surface area contributed by atoms with Crippen molar-refractivity contribution in [3.63, 3.8) is 0 Å². The Morgan fingerprint density at radius 2 is 2.10 bits per heavy atom. The molecule has 0 aliphatic heterocycles. The summed E-state index contributed by atoms with van der Waals surface area (Å²) in [6.45, 7) is 4.58. The van der Waals surface area contributed by atoms with E-state index in [4.69, 9.17) is 10.5 Å². The summed E-state index contributed by atoms with van der Waals surface area (Å²) < 4.78 is 5.55. The summed E-state index contributed by atoms with van der Waals surface area (Å²) in [4.78, 5) is 12.6. The number of nitrogens with one attached hydrogen (secondary N) is 1. The Balaban J connectivity index is 2.14. The van der Waals surface area contributed by atoms with E-state index in [1.165, 1.54) is 19.3 Å². The Kier molecular flexibility index (Phi) is 5.48. The average molecular weight is 290 g/mol. The van der Waals surface area contributed by atoms with Crippen LogP contribution in [0.3, 0.4) is 0 Å². The molecule has 1 aromatic rings. The lowest BCUT2D eigenvalue weighted by Gasteiger charge is -2.31. The molecule has 2 rings (SSSR count). The molecule has 3 N–H and O–H groups in total. The lowest BCUT2D eigenvalue weighted by molar-refractivity contribution is 0.0901. The molecule has 2 unspecified atom stereocenters. The smallest absolute Gasteiger partial charge is 0.255 e. The summed E-state index contributed by atoms with van der Waals surface area (Å²) in [5.41, 5.74) is 6.98. The second kappa shape index (κ2) is 7.34. The third kappa shape index (κ3) is 3.69. The molecule has 1 aliphatic rings. The number of carbonyl (C=O) groups is 1. The topological polar surface area (TPSA) is 64.3 Å². The Hall–Kier alpha value is -1.71. The molecule has 21 heavy (non-hydrogen) atoms. The van der Waals surface area contributed by atoms with Gasteiger partial charge >= 0.3 is 0 Å². The van der Waals surface area contributed by atoms with Crippen LogP contribution < -0.4 is 15.8 Å². The molecule has 0 bridgehead atoms. The Morgan fingerprint density at radius 3 is 2.81 bits per heavy atom. The van der Waals surface area contributed by atoms with Crippen LogP contribution in [0.1, 0.15) is 56.3 Å². The van der Waals surface area contributed by atoms with Gasteiger partial charge in [0, 0.05) is 6.04 Å². The van der Waals surface area contributed by atoms with Crippen molar-refractivity contribution in [2.45, 2.75) is 52.0 Å². The summed E-state index contributed by atoms with van der Waals surface area (Å²) in [5, 5.41) is 3.19. The summed E-state index contributed by atoms with van der Waals surface area (Å²) in [7, 11) is 0. The van der Waals surface area contributed by atoms with Gasteiger partial charge in [-0.15, -0.1) is 0 Å². The lowest BCUT2D eigenvalue weighted by Crippen LogP contribution is -2.42. The number of anilines is 1. The van der Waals surface area contributed by atoms with Crippen LogP contribution in [0.5, 0.6) is 5.75 Å². The normalized spacial score (nSPS) is 21.8. The maximum Gasteiger partial charge on any atom is 0.255 e. The van der Waals surface area contributed by atoms with Gasteiger partial charge < -0.3 is 15.8 Å². The highest BCUT2D eigenvalue weighted by molar-refractivity contribution is 5.98. The second-order valence-electron chi connectivity index (χ2n) is 5.69. The van der Waals surface area contributed by atoms with E-state index in [1.807, 2.05) is 6.92 Å². The molecule has 0 radical (unpaired) electrons. The molecular formula is C17H26N2O2. The highest BCUT2D eigenvalue weighted by Crippen LogP contribution is 2.29. The lowest BCUT2D eigenvalue weighted by atomic mass is 9.83. The Labute approximate surface area is 127 Å². The molecule has 116 valence electrons. The predicted octanol–water partition coefficient (Wildman–Crippen LogP) is 3.37. The number of rotatable bonds is 5. The second-order valence-corrected chi connectivity index (χ2v) is 5.69. The van der Waals surface area contributed by atoms with E-state index in [0.717, 1.165) is 12.8 Å². The van der Waals surface area contributed by atoms with Crippen molar-refractivity contribution in [3.05, 3.63) is 23.8 Å². The Bertz CT molecular complexity index is 488. The van der Waals surface area contributed by atoms with Gasteiger partial charge in [0.1, 0.15) is 0 Å². The van der Waals surface area contributed by atoms with Crippen LogP contribution in [-0.4, -0.2) is 18.6 Å². The van der Waals surface area contributed by atoms with Crippen LogP contribution in [0.25, 0.3) is 0 Å². The number of hydrogen-bond acceptors (Lipinski definition) is 3. The number of carbonyl (C=O) groups excluding carboxylic acids is 1. The monoisotopic (exact) mass is 290 g/mol. The maximum atomic E-state index is 12.6. The first-order chi connectivity index (χ1) is 10.2. The van der Waals surface area contributed by atoms with Crippen LogP contribution in [0.15, 0.2) is 18.2 Å². The SMILES string of the molecule is CCOc1c(N)cccc1C(=O)NC1CCCCC1CC. The summed E-state index contributed by atoms with van der Waals surface area (Å²) in [5.74, 6) is 1.01. The molecule has 4 heteroatoms. The number of benzene rings is 1. The standard InChI is InChI=1S/C17H26N2O2/c1-3-12-8-5-6-11-15(12)19-17(20)13-9-7-10-14(18)16(13)21-4-2/h7,9-10,12,15H,3-6,8,11,18H2,1-2H3,(H,19,20). The van der Waals surface area contributed by atoms with Crippen molar-refractivity contribution in [2.24, 2.45) is 5.92 Å². The number of nitrogen functional groups attached to an aromatic ring is 1. The van der Waals surface area contributed by atoms with Crippen LogP contribution in [-0.2, 0) is 0 Å². The van der Waals surface area contributed by atoms with Crippen LogP contribution in [0.2, 0.25) is 0 Å². The first-order valence-corrected chi connectivity index (χ1v) is 7.99. The summed E-state index contributed by atoms with van der Waals surface area (Å²) in [6.07, 6.45) is 5.84. The third-order valence-corrected chi connectivity index (χ3v) is 4.33. The summed E-state index contributed by atoms with van der Waals surface area (Å²) in [6, 6.07) is 5.61. The molecule has 0 aromatic heterocycles. The number of amides is 1. The zero-order valence-electron chi connectivity index (χ0n) is 13.0. The van der Waals surface area contributed by atoms with E-state index >= 15 is 0 Å². The fourth-order valence-corrected chi connectivity index (χ4v) is 3.17. The minimum Gasteiger partial charge on any atom is -0.491 e. The van der Waals surface area contributed by atoms with Crippen LogP contribution in [0, 0.1) is 5.92 Å². The van der Waals surface area contributed by atoms with Gasteiger partial charge in [0.15, 0.2) is 5.75 Å². The molecule has 1 aliphatic carbocycles. The van der Waals surface area contributed by atoms with Gasteiger partial charge in [-0.2, -0.15) is 0 Å². The fraction of sp³-hybridized carbons (Fsp3) is 0.588. The van der Waals surface area contributed by atoms with Crippen molar-refractivity contribution in [3.8, 4) is 5.75 Å². The maximum absolute atomic E-state index is 12.6. The zero-order valence-corrected chi connectivity index (χ0v) is 13.0. The van der Waals surface area contributed by atoms with Crippen molar-refractivity contribution >= 4 is 11.6 Å². The summed E-state index contributed by atoms with van der Waals surface area (Å²) >= 11 is 0.